The Morgan fingerprint density at radius 1 is 1.04 bits per heavy atom. The average Bonchev–Trinajstić information content (AvgIpc) is 2.55. The predicted octanol–water partition coefficient (Wildman–Crippen LogP) is 2.93. The van der Waals surface area contributed by atoms with Gasteiger partial charge in [-0.2, -0.15) is 0 Å². The summed E-state index contributed by atoms with van der Waals surface area (Å²) in [6.07, 6.45) is 0.837. The predicted molar refractivity (Wildman–Crippen MR) is 93.8 cm³/mol. The van der Waals surface area contributed by atoms with E-state index in [1.165, 1.54) is 12.1 Å². The fourth-order valence-electron chi connectivity index (χ4n) is 1.89. The van der Waals surface area contributed by atoms with Gasteiger partial charge in [0.2, 0.25) is 15.9 Å². The molecule has 0 aliphatic heterocycles. The highest BCUT2D eigenvalue weighted by molar-refractivity contribution is 9.10. The van der Waals surface area contributed by atoms with Crippen LogP contribution in [0.2, 0.25) is 0 Å². The van der Waals surface area contributed by atoms with Crippen molar-refractivity contribution >= 4 is 37.5 Å². The summed E-state index contributed by atoms with van der Waals surface area (Å²) in [6, 6.07) is 13.6. The van der Waals surface area contributed by atoms with Crippen LogP contribution in [0.4, 0.5) is 5.69 Å². The van der Waals surface area contributed by atoms with Crippen LogP contribution in [-0.2, 0) is 21.2 Å². The largest absolute Gasteiger partial charge is 0.325 e. The van der Waals surface area contributed by atoms with Crippen LogP contribution in [-0.4, -0.2) is 20.9 Å². The molecule has 0 saturated heterocycles. The quantitative estimate of drug-likeness (QED) is 0.787. The van der Waals surface area contributed by atoms with Gasteiger partial charge in [0.05, 0.1) is 11.4 Å². The minimum atomic E-state index is -3.70. The van der Waals surface area contributed by atoms with Gasteiger partial charge in [0.25, 0.3) is 0 Å². The fraction of sp³-hybridized carbons (Fsp3) is 0.188. The van der Waals surface area contributed by atoms with Crippen LogP contribution < -0.4 is 10.0 Å². The summed E-state index contributed by atoms with van der Waals surface area (Å²) >= 11 is 3.30. The maximum absolute atomic E-state index is 12.1. The molecule has 0 aromatic heterocycles. The highest BCUT2D eigenvalue weighted by Crippen LogP contribution is 2.14. The first-order chi connectivity index (χ1) is 10.9. The van der Waals surface area contributed by atoms with E-state index in [-0.39, 0.29) is 11.4 Å². The van der Waals surface area contributed by atoms with E-state index in [0.29, 0.717) is 5.69 Å². The molecule has 1 amide bonds. The third-order valence-electron chi connectivity index (χ3n) is 3.19. The lowest BCUT2D eigenvalue weighted by Gasteiger charge is -2.08. The van der Waals surface area contributed by atoms with Crippen molar-refractivity contribution in [1.29, 1.82) is 0 Å². The molecule has 0 aliphatic carbocycles. The van der Waals surface area contributed by atoms with E-state index in [9.17, 15) is 13.2 Å². The van der Waals surface area contributed by atoms with Gasteiger partial charge in [-0.25, -0.2) is 13.1 Å². The summed E-state index contributed by atoms with van der Waals surface area (Å²) in [4.78, 5) is 12.0. The Kier molecular flexibility index (Phi) is 5.92. The average molecular weight is 397 g/mol. The summed E-state index contributed by atoms with van der Waals surface area (Å²) in [5, 5.41) is 2.62. The van der Waals surface area contributed by atoms with Crippen molar-refractivity contribution in [3.63, 3.8) is 0 Å². The molecule has 0 aliphatic rings. The van der Waals surface area contributed by atoms with Crippen molar-refractivity contribution < 1.29 is 13.2 Å². The first-order valence-corrected chi connectivity index (χ1v) is 9.32. The highest BCUT2D eigenvalue weighted by atomic mass is 79.9. The van der Waals surface area contributed by atoms with Gasteiger partial charge in [-0.05, 0) is 48.4 Å². The Bertz CT molecular complexity index is 772. The zero-order valence-corrected chi connectivity index (χ0v) is 14.9. The second-order valence-corrected chi connectivity index (χ2v) is 7.56. The lowest BCUT2D eigenvalue weighted by Crippen LogP contribution is -2.32. The minimum Gasteiger partial charge on any atom is -0.325 e. The van der Waals surface area contributed by atoms with Gasteiger partial charge in [-0.3, -0.25) is 4.79 Å². The lowest BCUT2D eigenvalue weighted by molar-refractivity contribution is -0.115. The number of sulfonamides is 1. The van der Waals surface area contributed by atoms with Crippen molar-refractivity contribution in [3.05, 3.63) is 58.6 Å². The number of carbonyl (C=O) groups excluding carboxylic acids is 1. The second kappa shape index (κ2) is 7.72. The molecule has 23 heavy (non-hydrogen) atoms. The van der Waals surface area contributed by atoms with Gasteiger partial charge in [-0.1, -0.05) is 35.0 Å². The monoisotopic (exact) mass is 396 g/mol. The zero-order chi connectivity index (χ0) is 16.9. The normalized spacial score (nSPS) is 11.2. The molecular formula is C16H17BrN2O3S. The van der Waals surface area contributed by atoms with E-state index in [1.807, 2.05) is 6.92 Å². The molecule has 0 saturated carbocycles. The third kappa shape index (κ3) is 5.16. The van der Waals surface area contributed by atoms with E-state index in [2.05, 4.69) is 26.0 Å². The first-order valence-electron chi connectivity index (χ1n) is 7.05. The molecule has 0 fully saturated rings. The third-order valence-corrected chi connectivity index (χ3v) is 5.14. The SMILES string of the molecule is CCc1ccc(S(=O)(=O)NCC(=O)Nc2ccc(Br)cc2)cc1. The number of benzene rings is 2. The van der Waals surface area contributed by atoms with Gasteiger partial charge in [-0.15, -0.1) is 0 Å². The standard InChI is InChI=1S/C16H17BrN2O3S/c1-2-12-3-9-15(10-4-12)23(21,22)18-11-16(20)19-14-7-5-13(17)6-8-14/h3-10,18H,2,11H2,1H3,(H,19,20). The van der Waals surface area contributed by atoms with Gasteiger partial charge in [0.15, 0.2) is 0 Å². The molecule has 0 heterocycles. The van der Waals surface area contributed by atoms with Crippen molar-refractivity contribution in [2.75, 3.05) is 11.9 Å². The summed E-state index contributed by atoms with van der Waals surface area (Å²) in [7, 11) is -3.70. The summed E-state index contributed by atoms with van der Waals surface area (Å²) < 4.78 is 27.5. The number of carbonyl (C=O) groups is 1. The molecule has 0 unspecified atom stereocenters. The van der Waals surface area contributed by atoms with Crippen LogP contribution >= 0.6 is 15.9 Å². The van der Waals surface area contributed by atoms with E-state index >= 15 is 0 Å². The number of amides is 1. The number of rotatable bonds is 6. The molecule has 0 atom stereocenters. The maximum Gasteiger partial charge on any atom is 0.241 e. The van der Waals surface area contributed by atoms with Gasteiger partial charge in [0.1, 0.15) is 0 Å². The Hall–Kier alpha value is -1.70. The first kappa shape index (κ1) is 17.7. The van der Waals surface area contributed by atoms with Crippen molar-refractivity contribution in [1.82, 2.24) is 4.72 Å². The zero-order valence-electron chi connectivity index (χ0n) is 12.5. The Morgan fingerprint density at radius 3 is 2.22 bits per heavy atom. The van der Waals surface area contributed by atoms with Crippen LogP contribution in [0.25, 0.3) is 0 Å². The van der Waals surface area contributed by atoms with Gasteiger partial charge in [0, 0.05) is 10.2 Å². The van der Waals surface area contributed by atoms with Crippen LogP contribution in [0, 0.1) is 0 Å². The van der Waals surface area contributed by atoms with Crippen LogP contribution in [0.5, 0.6) is 0 Å². The number of anilines is 1. The topological polar surface area (TPSA) is 75.3 Å². The lowest BCUT2D eigenvalue weighted by atomic mass is 10.2. The van der Waals surface area contributed by atoms with Crippen molar-refractivity contribution in [3.8, 4) is 0 Å². The van der Waals surface area contributed by atoms with E-state index < -0.39 is 15.9 Å². The summed E-state index contributed by atoms with van der Waals surface area (Å²) in [5.74, 6) is -0.430. The van der Waals surface area contributed by atoms with Crippen LogP contribution in [0.3, 0.4) is 0 Å². The number of halogens is 1. The fourth-order valence-corrected chi connectivity index (χ4v) is 3.13. The smallest absolute Gasteiger partial charge is 0.241 e. The van der Waals surface area contributed by atoms with Crippen molar-refractivity contribution in [2.45, 2.75) is 18.2 Å². The molecular weight excluding hydrogens is 380 g/mol. The molecule has 2 N–H and O–H groups in total. The van der Waals surface area contributed by atoms with Gasteiger partial charge >= 0.3 is 0 Å². The Morgan fingerprint density at radius 2 is 1.65 bits per heavy atom. The molecule has 5 nitrogen and oxygen atoms in total. The Labute approximate surface area is 144 Å². The molecule has 0 spiro atoms. The van der Waals surface area contributed by atoms with E-state index in [1.54, 1.807) is 36.4 Å². The second-order valence-electron chi connectivity index (χ2n) is 4.88. The Balaban J connectivity index is 1.95. The molecule has 0 radical (unpaired) electrons. The van der Waals surface area contributed by atoms with Crippen molar-refractivity contribution in [2.24, 2.45) is 0 Å². The summed E-state index contributed by atoms with van der Waals surface area (Å²) in [5.41, 5.74) is 1.65. The van der Waals surface area contributed by atoms with Crippen LogP contribution in [0.15, 0.2) is 57.9 Å². The number of aryl methyl sites for hydroxylation is 1. The number of hydrogen-bond acceptors (Lipinski definition) is 3. The van der Waals surface area contributed by atoms with Crippen LogP contribution in [0.1, 0.15) is 12.5 Å². The molecule has 7 heteroatoms. The van der Waals surface area contributed by atoms with E-state index in [0.717, 1.165) is 16.5 Å². The van der Waals surface area contributed by atoms with Gasteiger partial charge < -0.3 is 5.32 Å². The summed E-state index contributed by atoms with van der Waals surface area (Å²) in [6.45, 7) is 1.67. The number of nitrogens with one attached hydrogen (secondary N) is 2. The molecule has 2 aromatic rings. The minimum absolute atomic E-state index is 0.145. The highest BCUT2D eigenvalue weighted by Gasteiger charge is 2.15. The maximum atomic E-state index is 12.1. The molecule has 2 rings (SSSR count). The number of hydrogen-bond donors (Lipinski definition) is 2. The molecule has 0 bridgehead atoms. The molecule has 2 aromatic carbocycles. The molecule has 122 valence electrons. The van der Waals surface area contributed by atoms with E-state index in [4.69, 9.17) is 0 Å².